The van der Waals surface area contributed by atoms with Crippen LogP contribution in [0.4, 0.5) is 0 Å². The summed E-state index contributed by atoms with van der Waals surface area (Å²) >= 11 is 0. The Morgan fingerprint density at radius 2 is 2.17 bits per heavy atom. The monoisotopic (exact) mass is 253 g/mol. The second-order valence-corrected chi connectivity index (χ2v) is 6.15. The predicted octanol–water partition coefficient (Wildman–Crippen LogP) is 1.84. The lowest BCUT2D eigenvalue weighted by Crippen LogP contribution is -2.40. The van der Waals surface area contributed by atoms with Crippen molar-refractivity contribution in [1.29, 1.82) is 0 Å². The minimum Gasteiger partial charge on any atom is -0.316 e. The zero-order valence-electron chi connectivity index (χ0n) is 12.1. The molecule has 2 atom stereocenters. The quantitative estimate of drug-likeness (QED) is 0.707. The van der Waals surface area contributed by atoms with Gasteiger partial charge in [0.15, 0.2) is 0 Å². The lowest BCUT2D eigenvalue weighted by atomic mass is 10.00. The van der Waals surface area contributed by atoms with Gasteiger partial charge in [-0.25, -0.2) is 0 Å². The first-order valence-corrected chi connectivity index (χ1v) is 8.02. The van der Waals surface area contributed by atoms with Crippen LogP contribution in [0.15, 0.2) is 0 Å². The van der Waals surface area contributed by atoms with Gasteiger partial charge in [-0.15, -0.1) is 0 Å². The Balaban J connectivity index is 1.47. The van der Waals surface area contributed by atoms with E-state index in [0.717, 1.165) is 12.0 Å². The van der Waals surface area contributed by atoms with Crippen molar-refractivity contribution in [3.8, 4) is 0 Å². The van der Waals surface area contributed by atoms with Crippen molar-refractivity contribution >= 4 is 0 Å². The topological polar surface area (TPSA) is 27.3 Å². The maximum atomic E-state index is 3.64. The van der Waals surface area contributed by atoms with Gasteiger partial charge in [0.25, 0.3) is 0 Å². The molecule has 0 spiro atoms. The Hall–Kier alpha value is -0.120. The average molecular weight is 253 g/mol. The van der Waals surface area contributed by atoms with Crippen LogP contribution in [-0.4, -0.2) is 50.2 Å². The Labute approximate surface area is 113 Å². The van der Waals surface area contributed by atoms with E-state index in [0.29, 0.717) is 0 Å². The molecule has 0 saturated carbocycles. The van der Waals surface area contributed by atoms with Gasteiger partial charge in [0.1, 0.15) is 0 Å². The highest BCUT2D eigenvalue weighted by Gasteiger charge is 2.17. The maximum absolute atomic E-state index is 3.64. The van der Waals surface area contributed by atoms with E-state index in [-0.39, 0.29) is 0 Å². The van der Waals surface area contributed by atoms with Gasteiger partial charge in [-0.2, -0.15) is 0 Å². The van der Waals surface area contributed by atoms with Gasteiger partial charge in [0, 0.05) is 6.04 Å². The third-order valence-corrected chi connectivity index (χ3v) is 4.57. The van der Waals surface area contributed by atoms with Crippen molar-refractivity contribution in [2.45, 2.75) is 51.5 Å². The van der Waals surface area contributed by atoms with Crippen LogP contribution in [-0.2, 0) is 0 Å². The highest BCUT2D eigenvalue weighted by Crippen LogP contribution is 2.16. The zero-order valence-corrected chi connectivity index (χ0v) is 12.1. The fraction of sp³-hybridized carbons (Fsp3) is 1.00. The summed E-state index contributed by atoms with van der Waals surface area (Å²) in [5, 5.41) is 7.13. The molecule has 2 aliphatic rings. The summed E-state index contributed by atoms with van der Waals surface area (Å²) in [4.78, 5) is 2.67. The fourth-order valence-electron chi connectivity index (χ4n) is 3.30. The first kappa shape index (κ1) is 14.3. The van der Waals surface area contributed by atoms with Gasteiger partial charge < -0.3 is 15.5 Å². The Bertz CT molecular complexity index is 214. The molecule has 2 N–H and O–H groups in total. The van der Waals surface area contributed by atoms with E-state index in [1.165, 1.54) is 77.8 Å². The Morgan fingerprint density at radius 3 is 2.94 bits per heavy atom. The number of nitrogens with zero attached hydrogens (tertiary/aromatic N) is 1. The largest absolute Gasteiger partial charge is 0.316 e. The highest BCUT2D eigenvalue weighted by molar-refractivity contribution is 4.74. The molecule has 3 heteroatoms. The summed E-state index contributed by atoms with van der Waals surface area (Å²) in [5.41, 5.74) is 0. The molecule has 2 aliphatic heterocycles. The van der Waals surface area contributed by atoms with E-state index in [1.54, 1.807) is 0 Å². The molecule has 106 valence electrons. The van der Waals surface area contributed by atoms with Crippen molar-refractivity contribution < 1.29 is 0 Å². The third-order valence-electron chi connectivity index (χ3n) is 4.57. The standard InChI is InChI=1S/C15H31N3/c1-14-6-2-3-10-18(14)11-5-9-17-13-15-7-4-8-16-12-15/h14-17H,2-13H2,1H3. The first-order valence-electron chi connectivity index (χ1n) is 8.02. The molecule has 0 bridgehead atoms. The summed E-state index contributed by atoms with van der Waals surface area (Å²) in [6.07, 6.45) is 8.32. The summed E-state index contributed by atoms with van der Waals surface area (Å²) in [6.45, 7) is 9.85. The van der Waals surface area contributed by atoms with E-state index in [9.17, 15) is 0 Å². The molecule has 0 aromatic rings. The maximum Gasteiger partial charge on any atom is 0.00669 e. The number of hydrogen-bond acceptors (Lipinski definition) is 3. The molecule has 2 fully saturated rings. The molecule has 0 aromatic heterocycles. The van der Waals surface area contributed by atoms with Gasteiger partial charge in [-0.3, -0.25) is 0 Å². The van der Waals surface area contributed by atoms with Crippen LogP contribution in [0, 0.1) is 5.92 Å². The highest BCUT2D eigenvalue weighted by atomic mass is 15.2. The van der Waals surface area contributed by atoms with Crippen LogP contribution in [0.25, 0.3) is 0 Å². The zero-order chi connectivity index (χ0) is 12.6. The molecule has 0 aromatic carbocycles. The van der Waals surface area contributed by atoms with Crippen molar-refractivity contribution in [3.05, 3.63) is 0 Å². The fourth-order valence-corrected chi connectivity index (χ4v) is 3.30. The molecule has 0 aliphatic carbocycles. The van der Waals surface area contributed by atoms with Crippen molar-refractivity contribution in [1.82, 2.24) is 15.5 Å². The molecular formula is C15H31N3. The lowest BCUT2D eigenvalue weighted by Gasteiger charge is -2.33. The second-order valence-electron chi connectivity index (χ2n) is 6.15. The van der Waals surface area contributed by atoms with E-state index < -0.39 is 0 Å². The molecule has 2 heterocycles. The minimum atomic E-state index is 0.821. The van der Waals surface area contributed by atoms with Gasteiger partial charge >= 0.3 is 0 Å². The normalized spacial score (nSPS) is 30.5. The van der Waals surface area contributed by atoms with Crippen LogP contribution in [0.2, 0.25) is 0 Å². The number of nitrogens with one attached hydrogen (secondary N) is 2. The summed E-state index contributed by atoms with van der Waals surface area (Å²) in [7, 11) is 0. The van der Waals surface area contributed by atoms with Crippen LogP contribution < -0.4 is 10.6 Å². The van der Waals surface area contributed by atoms with E-state index in [1.807, 2.05) is 0 Å². The van der Waals surface area contributed by atoms with E-state index in [4.69, 9.17) is 0 Å². The van der Waals surface area contributed by atoms with Crippen LogP contribution in [0.5, 0.6) is 0 Å². The van der Waals surface area contributed by atoms with Crippen LogP contribution in [0.3, 0.4) is 0 Å². The van der Waals surface area contributed by atoms with Gasteiger partial charge in [-0.1, -0.05) is 6.42 Å². The van der Waals surface area contributed by atoms with Gasteiger partial charge in [0.2, 0.25) is 0 Å². The van der Waals surface area contributed by atoms with Gasteiger partial charge in [0.05, 0.1) is 0 Å². The SMILES string of the molecule is CC1CCCCN1CCCNCC1CCCNC1. The Kier molecular flexibility index (Phi) is 6.46. The minimum absolute atomic E-state index is 0.821. The molecule has 2 unspecified atom stereocenters. The first-order chi connectivity index (χ1) is 8.86. The van der Waals surface area contributed by atoms with E-state index >= 15 is 0 Å². The van der Waals surface area contributed by atoms with Crippen molar-refractivity contribution in [2.24, 2.45) is 5.92 Å². The number of likely N-dealkylation sites (tertiary alicyclic amines) is 1. The summed E-state index contributed by atoms with van der Waals surface area (Å²) in [5.74, 6) is 0.868. The van der Waals surface area contributed by atoms with Gasteiger partial charge in [-0.05, 0) is 84.2 Å². The molecular weight excluding hydrogens is 222 g/mol. The van der Waals surface area contributed by atoms with Crippen molar-refractivity contribution in [2.75, 3.05) is 39.3 Å². The van der Waals surface area contributed by atoms with Crippen LogP contribution in [0.1, 0.15) is 45.4 Å². The predicted molar refractivity (Wildman–Crippen MR) is 78.0 cm³/mol. The number of hydrogen-bond donors (Lipinski definition) is 2. The summed E-state index contributed by atoms with van der Waals surface area (Å²) in [6, 6.07) is 0.821. The second kappa shape index (κ2) is 8.13. The average Bonchev–Trinajstić information content (AvgIpc) is 2.42. The molecule has 0 radical (unpaired) electrons. The lowest BCUT2D eigenvalue weighted by molar-refractivity contribution is 0.158. The molecule has 2 rings (SSSR count). The molecule has 2 saturated heterocycles. The number of piperidine rings is 2. The molecule has 0 amide bonds. The smallest absolute Gasteiger partial charge is 0.00669 e. The molecule has 18 heavy (non-hydrogen) atoms. The van der Waals surface area contributed by atoms with Crippen LogP contribution >= 0.6 is 0 Å². The summed E-state index contributed by atoms with van der Waals surface area (Å²) < 4.78 is 0. The molecule has 3 nitrogen and oxygen atoms in total. The Morgan fingerprint density at radius 1 is 1.22 bits per heavy atom. The van der Waals surface area contributed by atoms with Crippen molar-refractivity contribution in [3.63, 3.8) is 0 Å². The number of rotatable bonds is 6. The van der Waals surface area contributed by atoms with E-state index in [2.05, 4.69) is 22.5 Å². The third kappa shape index (κ3) is 4.87.